The van der Waals surface area contributed by atoms with E-state index in [2.05, 4.69) is 0 Å². The van der Waals surface area contributed by atoms with Crippen LogP contribution in [-0.4, -0.2) is 22.1 Å². The Kier molecular flexibility index (Phi) is 4.98. The van der Waals surface area contributed by atoms with Crippen molar-refractivity contribution in [3.63, 3.8) is 0 Å². The normalized spacial score (nSPS) is 11.3. The van der Waals surface area contributed by atoms with E-state index < -0.39 is 10.0 Å². The van der Waals surface area contributed by atoms with Gasteiger partial charge in [0.1, 0.15) is 5.75 Å². The molecule has 0 radical (unpaired) electrons. The van der Waals surface area contributed by atoms with Gasteiger partial charge in [0.2, 0.25) is 0 Å². The van der Waals surface area contributed by atoms with E-state index in [1.165, 1.54) is 29.6 Å². The number of nitrogens with zero attached hydrogens (tertiary/aromatic N) is 1. The Bertz CT molecular complexity index is 775. The van der Waals surface area contributed by atoms with Gasteiger partial charge in [-0.05, 0) is 43.7 Å². The number of rotatable bonds is 5. The van der Waals surface area contributed by atoms with Gasteiger partial charge in [0, 0.05) is 12.6 Å². The molecule has 0 aromatic heterocycles. The molecule has 4 nitrogen and oxygen atoms in total. The predicted octanol–water partition coefficient (Wildman–Crippen LogP) is 3.87. The standard InChI is InChI=1S/C16H18ClNO3S/c1-4-18(13-7-5-6-12(2)10-13)22(19,20)14-8-9-15(17)16(11-14)21-3/h5-11H,4H2,1-3H3. The van der Waals surface area contributed by atoms with Gasteiger partial charge in [-0.2, -0.15) is 0 Å². The van der Waals surface area contributed by atoms with Crippen molar-refractivity contribution < 1.29 is 13.2 Å². The maximum absolute atomic E-state index is 12.9. The number of hydrogen-bond acceptors (Lipinski definition) is 3. The van der Waals surface area contributed by atoms with Crippen molar-refractivity contribution in [2.24, 2.45) is 0 Å². The molecule has 118 valence electrons. The summed E-state index contributed by atoms with van der Waals surface area (Å²) >= 11 is 5.96. The number of aryl methyl sites for hydroxylation is 1. The van der Waals surface area contributed by atoms with Crippen LogP contribution in [0.25, 0.3) is 0 Å². The van der Waals surface area contributed by atoms with E-state index in [9.17, 15) is 8.42 Å². The number of anilines is 1. The van der Waals surface area contributed by atoms with Crippen molar-refractivity contribution in [2.45, 2.75) is 18.7 Å². The molecule has 0 saturated heterocycles. The second-order valence-corrected chi connectivity index (χ2v) is 7.07. The third-order valence-corrected chi connectivity index (χ3v) is 5.50. The van der Waals surface area contributed by atoms with Crippen LogP contribution in [0.4, 0.5) is 5.69 Å². The highest BCUT2D eigenvalue weighted by Gasteiger charge is 2.24. The van der Waals surface area contributed by atoms with Crippen molar-refractivity contribution in [3.05, 3.63) is 53.1 Å². The lowest BCUT2D eigenvalue weighted by molar-refractivity contribution is 0.413. The second-order valence-electron chi connectivity index (χ2n) is 4.81. The molecule has 0 saturated carbocycles. The van der Waals surface area contributed by atoms with Gasteiger partial charge in [-0.1, -0.05) is 23.7 Å². The lowest BCUT2D eigenvalue weighted by Crippen LogP contribution is -2.30. The van der Waals surface area contributed by atoms with Crippen LogP contribution < -0.4 is 9.04 Å². The molecule has 6 heteroatoms. The molecule has 0 unspecified atom stereocenters. The van der Waals surface area contributed by atoms with Crippen molar-refractivity contribution in [1.29, 1.82) is 0 Å². The van der Waals surface area contributed by atoms with Gasteiger partial charge in [0.15, 0.2) is 0 Å². The molecule has 0 N–H and O–H groups in total. The van der Waals surface area contributed by atoms with Gasteiger partial charge >= 0.3 is 0 Å². The van der Waals surface area contributed by atoms with E-state index in [-0.39, 0.29) is 4.90 Å². The fourth-order valence-corrected chi connectivity index (χ4v) is 3.88. The quantitative estimate of drug-likeness (QED) is 0.830. The molecular formula is C16H18ClNO3S. The molecule has 2 aromatic rings. The lowest BCUT2D eigenvalue weighted by atomic mass is 10.2. The molecule has 0 aliphatic carbocycles. The van der Waals surface area contributed by atoms with Gasteiger partial charge < -0.3 is 4.74 Å². The fraction of sp³-hybridized carbons (Fsp3) is 0.250. The van der Waals surface area contributed by atoms with Gasteiger partial charge in [0.05, 0.1) is 22.7 Å². The lowest BCUT2D eigenvalue weighted by Gasteiger charge is -2.23. The number of sulfonamides is 1. The van der Waals surface area contributed by atoms with Crippen LogP contribution in [0.2, 0.25) is 5.02 Å². The van der Waals surface area contributed by atoms with Crippen molar-refractivity contribution in [3.8, 4) is 5.75 Å². The highest BCUT2D eigenvalue weighted by molar-refractivity contribution is 7.92. The Balaban J connectivity index is 2.52. The zero-order chi connectivity index (χ0) is 16.3. The van der Waals surface area contributed by atoms with Crippen LogP contribution in [-0.2, 0) is 10.0 Å². The Labute approximate surface area is 136 Å². The Morgan fingerprint density at radius 3 is 2.50 bits per heavy atom. The van der Waals surface area contributed by atoms with Gasteiger partial charge in [-0.3, -0.25) is 4.31 Å². The maximum atomic E-state index is 12.9. The summed E-state index contributed by atoms with van der Waals surface area (Å²) in [6, 6.07) is 11.8. The first-order chi connectivity index (χ1) is 10.4. The number of benzene rings is 2. The molecule has 0 aliphatic heterocycles. The zero-order valence-corrected chi connectivity index (χ0v) is 14.3. The average molecular weight is 340 g/mol. The Morgan fingerprint density at radius 1 is 1.18 bits per heavy atom. The molecule has 0 bridgehead atoms. The fourth-order valence-electron chi connectivity index (χ4n) is 2.20. The van der Waals surface area contributed by atoms with Crippen molar-refractivity contribution in [1.82, 2.24) is 0 Å². The monoisotopic (exact) mass is 339 g/mol. The van der Waals surface area contributed by atoms with Gasteiger partial charge in [-0.25, -0.2) is 8.42 Å². The maximum Gasteiger partial charge on any atom is 0.264 e. The summed E-state index contributed by atoms with van der Waals surface area (Å²) in [7, 11) is -2.22. The average Bonchev–Trinajstić information content (AvgIpc) is 2.48. The molecule has 2 rings (SSSR count). The molecule has 0 heterocycles. The summed E-state index contributed by atoms with van der Waals surface area (Å²) in [5.74, 6) is 0.336. The molecule has 22 heavy (non-hydrogen) atoms. The summed E-state index contributed by atoms with van der Waals surface area (Å²) < 4.78 is 32.2. The number of halogens is 1. The minimum absolute atomic E-state index is 0.150. The highest BCUT2D eigenvalue weighted by atomic mass is 35.5. The molecule has 0 fully saturated rings. The summed E-state index contributed by atoms with van der Waals surface area (Å²) in [5, 5.41) is 0.375. The molecule has 0 atom stereocenters. The predicted molar refractivity (Wildman–Crippen MR) is 89.4 cm³/mol. The molecule has 0 amide bonds. The summed E-state index contributed by atoms with van der Waals surface area (Å²) in [4.78, 5) is 0.150. The number of methoxy groups -OCH3 is 1. The number of ether oxygens (including phenoxy) is 1. The molecule has 0 aliphatic rings. The first-order valence-corrected chi connectivity index (χ1v) is 8.65. The molecular weight excluding hydrogens is 322 g/mol. The first kappa shape index (κ1) is 16.6. The van der Waals surface area contributed by atoms with Gasteiger partial charge in [0.25, 0.3) is 10.0 Å². The smallest absolute Gasteiger partial charge is 0.264 e. The summed E-state index contributed by atoms with van der Waals surface area (Å²) in [6.07, 6.45) is 0. The third-order valence-electron chi connectivity index (χ3n) is 3.29. The van der Waals surface area contributed by atoms with Gasteiger partial charge in [-0.15, -0.1) is 0 Å². The van der Waals surface area contributed by atoms with E-state index in [0.717, 1.165) is 5.56 Å². The second kappa shape index (κ2) is 6.58. The topological polar surface area (TPSA) is 46.6 Å². The zero-order valence-electron chi connectivity index (χ0n) is 12.7. The van der Waals surface area contributed by atoms with E-state index in [0.29, 0.717) is 23.0 Å². The van der Waals surface area contributed by atoms with E-state index in [1.807, 2.05) is 25.1 Å². The summed E-state index contributed by atoms with van der Waals surface area (Å²) in [5.41, 5.74) is 1.64. The van der Waals surface area contributed by atoms with Crippen LogP contribution in [0.5, 0.6) is 5.75 Å². The minimum atomic E-state index is -3.68. The molecule has 2 aromatic carbocycles. The minimum Gasteiger partial charge on any atom is -0.495 e. The SMILES string of the molecule is CCN(c1cccc(C)c1)S(=O)(=O)c1ccc(Cl)c(OC)c1. The molecule has 0 spiro atoms. The van der Waals surface area contributed by atoms with E-state index in [1.54, 1.807) is 13.0 Å². The van der Waals surface area contributed by atoms with Crippen LogP contribution in [0.1, 0.15) is 12.5 Å². The van der Waals surface area contributed by atoms with Crippen LogP contribution in [0, 0.1) is 6.92 Å². The Hall–Kier alpha value is -1.72. The summed E-state index contributed by atoms with van der Waals surface area (Å²) in [6.45, 7) is 4.05. The Morgan fingerprint density at radius 2 is 1.91 bits per heavy atom. The van der Waals surface area contributed by atoms with Crippen LogP contribution in [0.15, 0.2) is 47.4 Å². The van der Waals surface area contributed by atoms with Crippen LogP contribution >= 0.6 is 11.6 Å². The number of hydrogen-bond donors (Lipinski definition) is 0. The third kappa shape index (κ3) is 3.20. The van der Waals surface area contributed by atoms with E-state index >= 15 is 0 Å². The van der Waals surface area contributed by atoms with Crippen LogP contribution in [0.3, 0.4) is 0 Å². The van der Waals surface area contributed by atoms with E-state index in [4.69, 9.17) is 16.3 Å². The highest BCUT2D eigenvalue weighted by Crippen LogP contribution is 2.30. The first-order valence-electron chi connectivity index (χ1n) is 6.83. The van der Waals surface area contributed by atoms with Crippen molar-refractivity contribution >= 4 is 27.3 Å². The van der Waals surface area contributed by atoms with Crippen molar-refractivity contribution in [2.75, 3.05) is 18.0 Å². The largest absolute Gasteiger partial charge is 0.495 e.